The highest BCUT2D eigenvalue weighted by atomic mass is 31.2. The van der Waals surface area contributed by atoms with Crippen LogP contribution in [-0.4, -0.2) is 96.7 Å². The van der Waals surface area contributed by atoms with Crippen molar-refractivity contribution in [2.45, 2.75) is 412 Å². The molecule has 0 amide bonds. The van der Waals surface area contributed by atoms with Gasteiger partial charge in [-0.15, -0.1) is 0 Å². The highest BCUT2D eigenvalue weighted by Crippen LogP contribution is 2.45. The van der Waals surface area contributed by atoms with E-state index in [-0.39, 0.29) is 25.7 Å². The molecule has 2 unspecified atom stereocenters. The first-order chi connectivity index (χ1) is 45.2. The van der Waals surface area contributed by atoms with Crippen molar-refractivity contribution in [2.24, 2.45) is 0 Å². The van der Waals surface area contributed by atoms with Crippen molar-refractivity contribution in [3.8, 4) is 0 Å². The Hall–Kier alpha value is -1.94. The zero-order chi connectivity index (χ0) is 68.2. The van der Waals surface area contributed by atoms with Gasteiger partial charge in [0, 0.05) is 25.7 Å². The molecule has 0 aromatic carbocycles. The minimum Gasteiger partial charge on any atom is -0.462 e. The van der Waals surface area contributed by atoms with Crippen molar-refractivity contribution in [3.05, 3.63) is 0 Å². The number of esters is 4. The van der Waals surface area contributed by atoms with Crippen LogP contribution < -0.4 is 0 Å². The van der Waals surface area contributed by atoms with Crippen molar-refractivity contribution < 1.29 is 80.2 Å². The predicted octanol–water partition coefficient (Wildman–Crippen LogP) is 21.8. The molecule has 552 valence electrons. The zero-order valence-electron chi connectivity index (χ0n) is 60.2. The molecular weight excluding hydrogens is 1220 g/mol. The highest BCUT2D eigenvalue weighted by Gasteiger charge is 2.30. The number of carbonyl (C=O) groups excluding carboxylic acids is 4. The van der Waals surface area contributed by atoms with E-state index in [0.29, 0.717) is 25.7 Å². The highest BCUT2D eigenvalue weighted by molar-refractivity contribution is 7.47. The normalized spacial score (nSPS) is 13.9. The zero-order valence-corrected chi connectivity index (χ0v) is 62.0. The van der Waals surface area contributed by atoms with Crippen LogP contribution >= 0.6 is 15.6 Å². The minimum atomic E-state index is -4.95. The lowest BCUT2D eigenvalue weighted by molar-refractivity contribution is -0.161. The number of aliphatic hydroxyl groups is 1. The van der Waals surface area contributed by atoms with E-state index in [1.165, 1.54) is 218 Å². The van der Waals surface area contributed by atoms with Gasteiger partial charge in [-0.05, 0) is 25.7 Å². The first kappa shape index (κ1) is 91.1. The van der Waals surface area contributed by atoms with E-state index in [9.17, 15) is 43.2 Å². The molecular formula is C74H144O17P2. The second-order valence-corrected chi connectivity index (χ2v) is 29.6. The number of phosphoric acid groups is 2. The fourth-order valence-electron chi connectivity index (χ4n) is 11.4. The number of hydrogen-bond acceptors (Lipinski definition) is 15. The Labute approximate surface area is 568 Å². The number of aliphatic hydroxyl groups excluding tert-OH is 1. The van der Waals surface area contributed by atoms with E-state index < -0.39 is 97.5 Å². The maximum Gasteiger partial charge on any atom is 0.472 e. The number of phosphoric ester groups is 2. The van der Waals surface area contributed by atoms with Crippen molar-refractivity contribution in [2.75, 3.05) is 39.6 Å². The van der Waals surface area contributed by atoms with Gasteiger partial charge in [-0.1, -0.05) is 342 Å². The standard InChI is InChI=1S/C74H144O17P2/c1-5-9-13-17-21-25-28-30-32-33-34-35-36-38-40-42-45-49-53-57-61-74(79)91-70(65-85-72(77)59-55-51-47-44-41-39-37-31-29-26-22-18-14-10-6-2)67-89-93(82,83)87-63-68(75)62-86-92(80,81)88-66-69(64-84-71(76)58-54-50-46-24-20-16-12-8-4)90-73(78)60-56-52-48-43-27-23-19-15-11-7-3/h68-70,75H,5-67H2,1-4H3,(H,80,81)(H,82,83)/t68-,69+,70+/m0/s1. The van der Waals surface area contributed by atoms with Crippen LogP contribution in [0.1, 0.15) is 394 Å². The summed E-state index contributed by atoms with van der Waals surface area (Å²) in [6.45, 7) is 4.94. The summed E-state index contributed by atoms with van der Waals surface area (Å²) in [5.74, 6) is -2.12. The molecule has 0 aromatic heterocycles. The summed E-state index contributed by atoms with van der Waals surface area (Å²) >= 11 is 0. The van der Waals surface area contributed by atoms with Crippen LogP contribution in [0.25, 0.3) is 0 Å². The first-order valence-corrected chi connectivity index (χ1v) is 41.8. The van der Waals surface area contributed by atoms with Gasteiger partial charge in [0.05, 0.1) is 26.4 Å². The number of carbonyl (C=O) groups is 4. The van der Waals surface area contributed by atoms with Crippen molar-refractivity contribution in [1.82, 2.24) is 0 Å². The van der Waals surface area contributed by atoms with Crippen molar-refractivity contribution in [3.63, 3.8) is 0 Å². The molecule has 17 nitrogen and oxygen atoms in total. The Balaban J connectivity index is 5.17. The van der Waals surface area contributed by atoms with Crippen LogP contribution in [0.4, 0.5) is 0 Å². The molecule has 0 aliphatic heterocycles. The summed E-state index contributed by atoms with van der Waals surface area (Å²) < 4.78 is 68.3. The van der Waals surface area contributed by atoms with E-state index in [0.717, 1.165) is 96.3 Å². The van der Waals surface area contributed by atoms with E-state index in [1.807, 2.05) is 0 Å². The third kappa shape index (κ3) is 68.4. The van der Waals surface area contributed by atoms with E-state index in [4.69, 9.17) is 37.0 Å². The number of unbranched alkanes of at least 4 members (excludes halogenated alkanes) is 49. The van der Waals surface area contributed by atoms with Gasteiger partial charge in [0.1, 0.15) is 19.3 Å². The maximum atomic E-state index is 13.1. The fourth-order valence-corrected chi connectivity index (χ4v) is 13.0. The summed E-state index contributed by atoms with van der Waals surface area (Å²) in [6, 6.07) is 0. The van der Waals surface area contributed by atoms with Gasteiger partial charge >= 0.3 is 39.5 Å². The molecule has 0 aliphatic carbocycles. The second-order valence-electron chi connectivity index (χ2n) is 26.7. The lowest BCUT2D eigenvalue weighted by Crippen LogP contribution is -2.30. The quantitative estimate of drug-likeness (QED) is 0.0222. The Morgan fingerprint density at radius 1 is 0.258 bits per heavy atom. The molecule has 0 bridgehead atoms. The Morgan fingerprint density at radius 3 is 0.634 bits per heavy atom. The molecule has 0 saturated carbocycles. The van der Waals surface area contributed by atoms with Gasteiger partial charge in [-0.3, -0.25) is 37.3 Å². The van der Waals surface area contributed by atoms with E-state index in [2.05, 4.69) is 27.7 Å². The first-order valence-electron chi connectivity index (χ1n) is 38.8. The maximum absolute atomic E-state index is 13.1. The number of hydrogen-bond donors (Lipinski definition) is 3. The molecule has 0 aromatic rings. The van der Waals surface area contributed by atoms with E-state index >= 15 is 0 Å². The Kier molecular flexibility index (Phi) is 67.1. The minimum absolute atomic E-state index is 0.107. The predicted molar refractivity (Wildman–Crippen MR) is 377 cm³/mol. The SMILES string of the molecule is CCCCCCCCCCCCCCCCCCCCCCC(=O)O[C@H](COC(=O)CCCCCCCCCCCCCCCCC)COP(=O)(O)OC[C@@H](O)COP(=O)(O)OC[C@@H](COC(=O)CCCCCCCCCC)OC(=O)CCCCCCCCCCCC. The largest absolute Gasteiger partial charge is 0.472 e. The van der Waals surface area contributed by atoms with Crippen LogP contribution in [0.3, 0.4) is 0 Å². The number of rotatable bonds is 75. The smallest absolute Gasteiger partial charge is 0.462 e. The van der Waals surface area contributed by atoms with Gasteiger partial charge in [0.2, 0.25) is 0 Å². The molecule has 0 heterocycles. The summed E-state index contributed by atoms with van der Waals surface area (Å²) in [4.78, 5) is 72.6. The van der Waals surface area contributed by atoms with Gasteiger partial charge < -0.3 is 33.8 Å². The molecule has 0 aliphatic rings. The van der Waals surface area contributed by atoms with Crippen molar-refractivity contribution in [1.29, 1.82) is 0 Å². The molecule has 0 spiro atoms. The van der Waals surface area contributed by atoms with Crippen LogP contribution in [0.2, 0.25) is 0 Å². The summed E-state index contributed by atoms with van der Waals surface area (Å²) in [5.41, 5.74) is 0. The summed E-state index contributed by atoms with van der Waals surface area (Å²) in [5, 5.41) is 10.6. The number of ether oxygens (including phenoxy) is 4. The molecule has 0 saturated heterocycles. The van der Waals surface area contributed by atoms with Gasteiger partial charge in [-0.2, -0.15) is 0 Å². The van der Waals surface area contributed by atoms with Gasteiger partial charge in [0.15, 0.2) is 12.2 Å². The lowest BCUT2D eigenvalue weighted by atomic mass is 10.0. The van der Waals surface area contributed by atoms with Crippen molar-refractivity contribution >= 4 is 39.5 Å². The van der Waals surface area contributed by atoms with E-state index in [1.54, 1.807) is 0 Å². The van der Waals surface area contributed by atoms with Gasteiger partial charge in [0.25, 0.3) is 0 Å². The summed E-state index contributed by atoms with van der Waals surface area (Å²) in [7, 11) is -9.90. The topological polar surface area (TPSA) is 237 Å². The Bertz CT molecular complexity index is 1770. The molecule has 0 rings (SSSR count). The lowest BCUT2D eigenvalue weighted by Gasteiger charge is -2.21. The molecule has 3 N–H and O–H groups in total. The second kappa shape index (κ2) is 68.6. The third-order valence-corrected chi connectivity index (χ3v) is 19.3. The molecule has 0 fully saturated rings. The molecule has 19 heteroatoms. The van der Waals surface area contributed by atoms with Crippen LogP contribution in [0, 0.1) is 0 Å². The molecule has 0 radical (unpaired) electrons. The third-order valence-electron chi connectivity index (χ3n) is 17.4. The molecule has 5 atom stereocenters. The average Bonchev–Trinajstić information content (AvgIpc) is 3.49. The van der Waals surface area contributed by atoms with Crippen LogP contribution in [0.15, 0.2) is 0 Å². The van der Waals surface area contributed by atoms with Gasteiger partial charge in [-0.25, -0.2) is 9.13 Å². The Morgan fingerprint density at radius 2 is 0.430 bits per heavy atom. The average molecular weight is 1370 g/mol. The van der Waals surface area contributed by atoms with Crippen LogP contribution in [0.5, 0.6) is 0 Å². The monoisotopic (exact) mass is 1370 g/mol. The van der Waals surface area contributed by atoms with Crippen LogP contribution in [-0.2, 0) is 65.4 Å². The fraction of sp³-hybridized carbons (Fsp3) is 0.946. The summed E-state index contributed by atoms with van der Waals surface area (Å²) in [6.07, 6.45) is 58.4. The molecule has 93 heavy (non-hydrogen) atoms.